The molecular formula is C13H17F3N2O7. The molecule has 1 rings (SSSR count). The molecule has 0 aliphatic heterocycles. The van der Waals surface area contributed by atoms with Gasteiger partial charge in [0.1, 0.15) is 0 Å². The number of primary amides is 1. The van der Waals surface area contributed by atoms with E-state index in [9.17, 15) is 27.9 Å². The van der Waals surface area contributed by atoms with Crippen molar-refractivity contribution in [2.24, 2.45) is 11.5 Å². The van der Waals surface area contributed by atoms with Crippen LogP contribution in [0.15, 0.2) is 30.3 Å². The number of amides is 1. The van der Waals surface area contributed by atoms with Gasteiger partial charge in [0.25, 0.3) is 5.91 Å². The van der Waals surface area contributed by atoms with E-state index in [1.165, 1.54) is 12.1 Å². The minimum absolute atomic E-state index is 0.278. The second-order valence-electron chi connectivity index (χ2n) is 4.15. The second-order valence-corrected chi connectivity index (χ2v) is 4.15. The molecule has 1 amide bonds. The van der Waals surface area contributed by atoms with Crippen molar-refractivity contribution >= 4 is 17.8 Å². The second kappa shape index (κ2) is 11.0. The van der Waals surface area contributed by atoms with E-state index in [2.05, 4.69) is 5.73 Å². The Morgan fingerprint density at radius 2 is 1.40 bits per heavy atom. The summed E-state index contributed by atoms with van der Waals surface area (Å²) in [6.07, 6.45) is -5.08. The quantitative estimate of drug-likeness (QED) is 0.390. The molecule has 0 saturated heterocycles. The van der Waals surface area contributed by atoms with Crippen LogP contribution in [-0.4, -0.2) is 57.6 Å². The number of aliphatic carboxylic acids is 2. The van der Waals surface area contributed by atoms with Crippen LogP contribution < -0.4 is 11.5 Å². The van der Waals surface area contributed by atoms with E-state index in [0.29, 0.717) is 5.56 Å². The molecule has 9 nitrogen and oxygen atoms in total. The predicted octanol–water partition coefficient (Wildman–Crippen LogP) is -0.985. The molecule has 12 heteroatoms. The van der Waals surface area contributed by atoms with Crippen molar-refractivity contribution in [2.45, 2.75) is 11.8 Å². The van der Waals surface area contributed by atoms with E-state index in [0.717, 1.165) is 0 Å². The molecular weight excluding hydrogens is 353 g/mol. The Morgan fingerprint density at radius 3 is 1.60 bits per heavy atom. The first-order valence-electron chi connectivity index (χ1n) is 6.23. The molecule has 25 heavy (non-hydrogen) atoms. The van der Waals surface area contributed by atoms with Crippen molar-refractivity contribution in [1.82, 2.24) is 0 Å². The number of rotatable bonds is 4. The van der Waals surface area contributed by atoms with Gasteiger partial charge in [-0.15, -0.1) is 0 Å². The summed E-state index contributed by atoms with van der Waals surface area (Å²) in [7, 11) is 0. The van der Waals surface area contributed by atoms with Gasteiger partial charge in [0.15, 0.2) is 5.60 Å². The molecule has 1 atom stereocenters. The average Bonchev–Trinajstić information content (AvgIpc) is 2.54. The Balaban J connectivity index is 0. The predicted molar refractivity (Wildman–Crippen MR) is 77.0 cm³/mol. The number of hydrogen-bond donors (Lipinski definition) is 6. The summed E-state index contributed by atoms with van der Waals surface area (Å²) in [5.74, 6) is -4.68. The number of halogens is 3. The zero-order chi connectivity index (χ0) is 20.3. The lowest BCUT2D eigenvalue weighted by Crippen LogP contribution is -2.44. The van der Waals surface area contributed by atoms with E-state index in [1.54, 1.807) is 18.2 Å². The highest BCUT2D eigenvalue weighted by Gasteiger charge is 2.38. The van der Waals surface area contributed by atoms with E-state index < -0.39 is 36.2 Å². The molecule has 1 unspecified atom stereocenters. The summed E-state index contributed by atoms with van der Waals surface area (Å²) in [4.78, 5) is 29.0. The van der Waals surface area contributed by atoms with Crippen LogP contribution in [0.25, 0.3) is 0 Å². The number of hydrogen-bond acceptors (Lipinski definition) is 6. The van der Waals surface area contributed by atoms with E-state index in [4.69, 9.17) is 25.8 Å². The van der Waals surface area contributed by atoms with Gasteiger partial charge >= 0.3 is 18.1 Å². The minimum atomic E-state index is -5.08. The molecule has 142 valence electrons. The molecule has 0 fully saturated rings. The fourth-order valence-corrected chi connectivity index (χ4v) is 1.03. The van der Waals surface area contributed by atoms with Gasteiger partial charge in [-0.25, -0.2) is 4.79 Å². The first kappa shape index (κ1) is 24.6. The molecule has 0 bridgehead atoms. The fraction of sp³-hybridized carbons (Fsp3) is 0.308. The average molecular weight is 370 g/mol. The van der Waals surface area contributed by atoms with Crippen molar-refractivity contribution in [3.63, 3.8) is 0 Å². The monoisotopic (exact) mass is 370 g/mol. The number of alkyl halides is 3. The molecule has 0 aromatic heterocycles. The molecule has 1 aromatic rings. The number of aliphatic hydroxyl groups is 2. The summed E-state index contributed by atoms with van der Waals surface area (Å²) >= 11 is 0. The number of carboxylic acids is 2. The van der Waals surface area contributed by atoms with Crippen LogP contribution in [0.1, 0.15) is 5.56 Å². The molecule has 0 radical (unpaired) electrons. The van der Waals surface area contributed by atoms with Gasteiger partial charge in [0, 0.05) is 0 Å². The Hall–Kier alpha value is -2.70. The topological polar surface area (TPSA) is 184 Å². The highest BCUT2D eigenvalue weighted by Crippen LogP contribution is 2.19. The number of carbonyl (C=O) groups excluding carboxylic acids is 1. The lowest BCUT2D eigenvalue weighted by atomic mass is 9.94. The van der Waals surface area contributed by atoms with E-state index >= 15 is 0 Å². The summed E-state index contributed by atoms with van der Waals surface area (Å²) in [6, 6.07) is 8.10. The molecule has 0 spiro atoms. The van der Waals surface area contributed by atoms with E-state index in [1.807, 2.05) is 0 Å². The maximum Gasteiger partial charge on any atom is 0.490 e. The van der Waals surface area contributed by atoms with Gasteiger partial charge < -0.3 is 31.9 Å². The summed E-state index contributed by atoms with van der Waals surface area (Å²) in [6.45, 7) is -0.994. The SMILES string of the molecule is NC(=O)C(O)(CO)c1ccccc1.NCC(=O)O.O=C(O)C(F)(F)F. The lowest BCUT2D eigenvalue weighted by Gasteiger charge is -2.21. The first-order valence-corrected chi connectivity index (χ1v) is 6.23. The Morgan fingerprint density at radius 1 is 1.04 bits per heavy atom. The standard InChI is InChI=1S/C9H11NO3.C2HF3O2.C2H5NO2/c10-8(12)9(13,6-11)7-4-2-1-3-5-7;3-2(4,5)1(6)7;3-1-2(4)5/h1-5,11,13H,6H2,(H2,10,12);(H,6,7);1,3H2,(H,4,5). The molecule has 0 aliphatic rings. The maximum absolute atomic E-state index is 10.9. The summed E-state index contributed by atoms with van der Waals surface area (Å²) in [5, 5.41) is 33.2. The van der Waals surface area contributed by atoms with Crippen LogP contribution in [0.3, 0.4) is 0 Å². The van der Waals surface area contributed by atoms with Crippen LogP contribution in [0.2, 0.25) is 0 Å². The van der Waals surface area contributed by atoms with Crippen LogP contribution in [-0.2, 0) is 20.0 Å². The van der Waals surface area contributed by atoms with Crippen molar-refractivity contribution in [1.29, 1.82) is 0 Å². The minimum Gasteiger partial charge on any atom is -0.480 e. The van der Waals surface area contributed by atoms with Crippen molar-refractivity contribution in [3.05, 3.63) is 35.9 Å². The van der Waals surface area contributed by atoms with Gasteiger partial charge in [-0.3, -0.25) is 9.59 Å². The van der Waals surface area contributed by atoms with E-state index in [-0.39, 0.29) is 6.54 Å². The number of benzene rings is 1. The maximum atomic E-state index is 10.9. The highest BCUT2D eigenvalue weighted by atomic mass is 19.4. The zero-order valence-electron chi connectivity index (χ0n) is 12.6. The molecule has 0 saturated carbocycles. The van der Waals surface area contributed by atoms with Gasteiger partial charge in [-0.2, -0.15) is 13.2 Å². The Labute approximate surface area is 139 Å². The third-order valence-electron chi connectivity index (χ3n) is 2.30. The largest absolute Gasteiger partial charge is 0.490 e. The summed E-state index contributed by atoms with van der Waals surface area (Å²) < 4.78 is 31.7. The van der Waals surface area contributed by atoms with Crippen molar-refractivity contribution in [2.75, 3.05) is 13.2 Å². The van der Waals surface area contributed by atoms with Crippen molar-refractivity contribution < 1.29 is 48.0 Å². The number of aliphatic hydroxyl groups excluding tert-OH is 1. The number of carbonyl (C=O) groups is 3. The Kier molecular flexibility index (Phi) is 10.8. The van der Waals surface area contributed by atoms with Crippen LogP contribution in [0.4, 0.5) is 13.2 Å². The highest BCUT2D eigenvalue weighted by molar-refractivity contribution is 5.84. The fourth-order valence-electron chi connectivity index (χ4n) is 1.03. The summed E-state index contributed by atoms with van der Waals surface area (Å²) in [5.41, 5.74) is 7.86. The number of nitrogens with two attached hydrogens (primary N) is 2. The normalized spacial score (nSPS) is 12.4. The smallest absolute Gasteiger partial charge is 0.480 e. The zero-order valence-corrected chi connectivity index (χ0v) is 12.6. The third-order valence-corrected chi connectivity index (χ3v) is 2.30. The molecule has 0 heterocycles. The van der Waals surface area contributed by atoms with Gasteiger partial charge in [-0.1, -0.05) is 30.3 Å². The Bertz CT molecular complexity index is 566. The first-order chi connectivity index (χ1) is 11.3. The molecule has 8 N–H and O–H groups in total. The van der Waals surface area contributed by atoms with Gasteiger partial charge in [-0.05, 0) is 5.56 Å². The molecule has 1 aromatic carbocycles. The van der Waals surface area contributed by atoms with Gasteiger partial charge in [0.2, 0.25) is 0 Å². The molecule has 0 aliphatic carbocycles. The number of carboxylic acid groups (broad SMARTS) is 2. The third kappa shape index (κ3) is 9.91. The van der Waals surface area contributed by atoms with Crippen LogP contribution in [0.5, 0.6) is 0 Å². The lowest BCUT2D eigenvalue weighted by molar-refractivity contribution is -0.192. The van der Waals surface area contributed by atoms with Gasteiger partial charge in [0.05, 0.1) is 13.2 Å². The van der Waals surface area contributed by atoms with Crippen LogP contribution >= 0.6 is 0 Å². The van der Waals surface area contributed by atoms with Crippen LogP contribution in [0, 0.1) is 0 Å². The van der Waals surface area contributed by atoms with Crippen molar-refractivity contribution in [3.8, 4) is 0 Å².